The lowest BCUT2D eigenvalue weighted by Crippen LogP contribution is -2.51. The Morgan fingerprint density at radius 2 is 1.90 bits per heavy atom. The monoisotopic (exact) mass is 274 g/mol. The number of guanidine groups is 1. The van der Waals surface area contributed by atoms with Crippen molar-refractivity contribution in [1.29, 1.82) is 0 Å². The highest BCUT2D eigenvalue weighted by Gasteiger charge is 2.21. The quantitative estimate of drug-likeness (QED) is 0.649. The lowest BCUT2D eigenvalue weighted by atomic mass is 9.86. The number of nitrogens with two attached hydrogens (primary N) is 1. The van der Waals surface area contributed by atoms with E-state index in [0.717, 1.165) is 44.6 Å². The first-order valence-corrected chi connectivity index (χ1v) is 7.40. The average molecular weight is 274 g/mol. The zero-order valence-corrected chi connectivity index (χ0v) is 11.8. The van der Waals surface area contributed by atoms with E-state index in [1.54, 1.807) is 12.4 Å². The molecule has 1 aliphatic heterocycles. The lowest BCUT2D eigenvalue weighted by molar-refractivity contribution is 0.322. The van der Waals surface area contributed by atoms with Gasteiger partial charge in [0.2, 0.25) is 5.95 Å². The predicted octanol–water partition coefficient (Wildman–Crippen LogP) is 0.713. The van der Waals surface area contributed by atoms with Crippen LogP contribution in [-0.2, 0) is 0 Å². The number of anilines is 1. The molecule has 0 bridgehead atoms. The van der Waals surface area contributed by atoms with Crippen molar-refractivity contribution in [2.24, 2.45) is 16.6 Å². The molecule has 2 fully saturated rings. The van der Waals surface area contributed by atoms with Crippen LogP contribution in [0.3, 0.4) is 0 Å². The molecule has 1 aliphatic carbocycles. The van der Waals surface area contributed by atoms with Gasteiger partial charge in [-0.1, -0.05) is 6.42 Å². The molecular formula is C14H22N6. The molecule has 0 amide bonds. The summed E-state index contributed by atoms with van der Waals surface area (Å²) in [6.45, 7) is 4.46. The van der Waals surface area contributed by atoms with Crippen LogP contribution in [0.25, 0.3) is 0 Å². The van der Waals surface area contributed by atoms with Crippen LogP contribution in [-0.4, -0.2) is 53.6 Å². The fourth-order valence-corrected chi connectivity index (χ4v) is 2.59. The minimum absolute atomic E-state index is 0.700. The highest BCUT2D eigenvalue weighted by atomic mass is 15.3. The molecule has 0 atom stereocenters. The molecule has 1 saturated heterocycles. The third kappa shape index (κ3) is 3.00. The fraction of sp³-hybridized carbons (Fsp3) is 0.643. The molecule has 2 N–H and O–H groups in total. The molecule has 6 nitrogen and oxygen atoms in total. The number of hydrogen-bond acceptors (Lipinski definition) is 4. The topological polar surface area (TPSA) is 70.6 Å². The Bertz CT molecular complexity index is 448. The zero-order chi connectivity index (χ0) is 13.8. The molecule has 2 aliphatic rings. The third-order valence-electron chi connectivity index (χ3n) is 4.17. The molecule has 1 aromatic heterocycles. The Morgan fingerprint density at radius 1 is 1.20 bits per heavy atom. The SMILES string of the molecule is NC(=NCC1CCC1)N1CCN(c2ncccn2)CC1. The van der Waals surface area contributed by atoms with Crippen LogP contribution in [0.5, 0.6) is 0 Å². The highest BCUT2D eigenvalue weighted by Crippen LogP contribution is 2.26. The van der Waals surface area contributed by atoms with Crippen LogP contribution >= 0.6 is 0 Å². The van der Waals surface area contributed by atoms with Crippen molar-refractivity contribution in [3.8, 4) is 0 Å². The van der Waals surface area contributed by atoms with Gasteiger partial charge in [0.25, 0.3) is 0 Å². The van der Waals surface area contributed by atoms with E-state index in [0.29, 0.717) is 5.96 Å². The summed E-state index contributed by atoms with van der Waals surface area (Å²) >= 11 is 0. The van der Waals surface area contributed by atoms with Crippen LogP contribution in [0.1, 0.15) is 19.3 Å². The van der Waals surface area contributed by atoms with Gasteiger partial charge in [-0.25, -0.2) is 9.97 Å². The third-order valence-corrected chi connectivity index (χ3v) is 4.17. The van der Waals surface area contributed by atoms with Crippen molar-refractivity contribution in [1.82, 2.24) is 14.9 Å². The van der Waals surface area contributed by atoms with Gasteiger partial charge in [0.1, 0.15) is 0 Å². The van der Waals surface area contributed by atoms with Gasteiger partial charge in [0.15, 0.2) is 5.96 Å². The lowest BCUT2D eigenvalue weighted by Gasteiger charge is -2.35. The number of piperazine rings is 1. The van der Waals surface area contributed by atoms with E-state index in [4.69, 9.17) is 5.73 Å². The standard InChI is InChI=1S/C14H22N6/c15-13(18-11-12-3-1-4-12)19-7-9-20(10-8-19)14-16-5-2-6-17-14/h2,5-6,12H,1,3-4,7-11H2,(H2,15,18). The zero-order valence-electron chi connectivity index (χ0n) is 11.8. The first kappa shape index (κ1) is 13.1. The van der Waals surface area contributed by atoms with E-state index in [-0.39, 0.29) is 0 Å². The Balaban J connectivity index is 1.50. The van der Waals surface area contributed by atoms with Gasteiger partial charge in [-0.05, 0) is 24.8 Å². The van der Waals surface area contributed by atoms with E-state index in [9.17, 15) is 0 Å². The average Bonchev–Trinajstić information content (AvgIpc) is 2.46. The number of aliphatic imine (C=N–C) groups is 1. The molecular weight excluding hydrogens is 252 g/mol. The Kier molecular flexibility index (Phi) is 3.99. The summed E-state index contributed by atoms with van der Waals surface area (Å²) in [5, 5.41) is 0. The van der Waals surface area contributed by atoms with Gasteiger partial charge in [-0.2, -0.15) is 0 Å². The van der Waals surface area contributed by atoms with E-state index in [1.165, 1.54) is 19.3 Å². The van der Waals surface area contributed by atoms with Crippen LogP contribution in [0.2, 0.25) is 0 Å². The normalized spacial score (nSPS) is 20.9. The summed E-state index contributed by atoms with van der Waals surface area (Å²) < 4.78 is 0. The maximum atomic E-state index is 6.09. The van der Waals surface area contributed by atoms with Crippen molar-refractivity contribution < 1.29 is 0 Å². The number of aromatic nitrogens is 2. The summed E-state index contributed by atoms with van der Waals surface area (Å²) in [5.74, 6) is 2.27. The number of rotatable bonds is 3. The summed E-state index contributed by atoms with van der Waals surface area (Å²) in [5.41, 5.74) is 6.09. The molecule has 6 heteroatoms. The van der Waals surface area contributed by atoms with Crippen LogP contribution < -0.4 is 10.6 Å². The van der Waals surface area contributed by atoms with E-state index >= 15 is 0 Å². The molecule has 1 saturated carbocycles. The molecule has 2 heterocycles. The first-order valence-electron chi connectivity index (χ1n) is 7.40. The molecule has 1 aromatic rings. The Morgan fingerprint density at radius 3 is 2.50 bits per heavy atom. The highest BCUT2D eigenvalue weighted by molar-refractivity contribution is 5.78. The number of nitrogens with zero attached hydrogens (tertiary/aromatic N) is 5. The molecule has 0 radical (unpaired) electrons. The van der Waals surface area contributed by atoms with Gasteiger partial charge in [0, 0.05) is 45.1 Å². The van der Waals surface area contributed by atoms with Crippen molar-refractivity contribution in [2.75, 3.05) is 37.6 Å². The smallest absolute Gasteiger partial charge is 0.225 e. The second-order valence-corrected chi connectivity index (χ2v) is 5.52. The van der Waals surface area contributed by atoms with E-state index in [1.807, 2.05) is 6.07 Å². The van der Waals surface area contributed by atoms with Crippen molar-refractivity contribution in [3.63, 3.8) is 0 Å². The van der Waals surface area contributed by atoms with Crippen LogP contribution in [0, 0.1) is 5.92 Å². The van der Waals surface area contributed by atoms with E-state index < -0.39 is 0 Å². The molecule has 108 valence electrons. The Labute approximate surface area is 119 Å². The second-order valence-electron chi connectivity index (χ2n) is 5.52. The second kappa shape index (κ2) is 6.07. The fourth-order valence-electron chi connectivity index (χ4n) is 2.59. The van der Waals surface area contributed by atoms with Crippen LogP contribution in [0.15, 0.2) is 23.5 Å². The first-order chi connectivity index (χ1) is 9.83. The van der Waals surface area contributed by atoms with E-state index in [2.05, 4.69) is 24.8 Å². The van der Waals surface area contributed by atoms with Crippen molar-refractivity contribution in [3.05, 3.63) is 18.5 Å². The van der Waals surface area contributed by atoms with Crippen molar-refractivity contribution in [2.45, 2.75) is 19.3 Å². The molecule has 0 aromatic carbocycles. The summed E-state index contributed by atoms with van der Waals surface area (Å²) in [6.07, 6.45) is 7.55. The van der Waals surface area contributed by atoms with Crippen molar-refractivity contribution >= 4 is 11.9 Å². The Hall–Kier alpha value is -1.85. The van der Waals surface area contributed by atoms with Gasteiger partial charge in [-0.3, -0.25) is 4.99 Å². The summed E-state index contributed by atoms with van der Waals surface area (Å²) in [6, 6.07) is 1.84. The summed E-state index contributed by atoms with van der Waals surface area (Å²) in [7, 11) is 0. The van der Waals surface area contributed by atoms with Gasteiger partial charge < -0.3 is 15.5 Å². The number of hydrogen-bond donors (Lipinski definition) is 1. The van der Waals surface area contributed by atoms with Gasteiger partial charge >= 0.3 is 0 Å². The minimum atomic E-state index is 0.700. The minimum Gasteiger partial charge on any atom is -0.370 e. The molecule has 20 heavy (non-hydrogen) atoms. The maximum Gasteiger partial charge on any atom is 0.225 e. The molecule has 0 unspecified atom stereocenters. The largest absolute Gasteiger partial charge is 0.370 e. The predicted molar refractivity (Wildman–Crippen MR) is 79.6 cm³/mol. The van der Waals surface area contributed by atoms with Gasteiger partial charge in [0.05, 0.1) is 0 Å². The molecule has 3 rings (SSSR count). The van der Waals surface area contributed by atoms with Gasteiger partial charge in [-0.15, -0.1) is 0 Å². The van der Waals surface area contributed by atoms with Crippen LogP contribution in [0.4, 0.5) is 5.95 Å². The summed E-state index contributed by atoms with van der Waals surface area (Å²) in [4.78, 5) is 17.5. The molecule has 0 spiro atoms. The maximum absolute atomic E-state index is 6.09.